The smallest absolute Gasteiger partial charge is 0.239 e. The Balaban J connectivity index is 2.53. The van der Waals surface area contributed by atoms with Gasteiger partial charge in [0.15, 0.2) is 0 Å². The lowest BCUT2D eigenvalue weighted by atomic mass is 9.78. The Labute approximate surface area is 92.8 Å². The number of hydrogen-bond acceptors (Lipinski definition) is 2. The Kier molecular flexibility index (Phi) is 5.09. The van der Waals surface area contributed by atoms with Crippen LogP contribution in [0.2, 0.25) is 0 Å². The van der Waals surface area contributed by atoms with Crippen molar-refractivity contribution in [3.05, 3.63) is 0 Å². The van der Waals surface area contributed by atoms with Gasteiger partial charge in [-0.2, -0.15) is 0 Å². The van der Waals surface area contributed by atoms with Crippen molar-refractivity contribution < 1.29 is 4.79 Å². The van der Waals surface area contributed by atoms with Crippen LogP contribution in [0.1, 0.15) is 64.7 Å². The zero-order valence-electron chi connectivity index (χ0n) is 9.85. The summed E-state index contributed by atoms with van der Waals surface area (Å²) >= 11 is 0. The van der Waals surface area contributed by atoms with Gasteiger partial charge in [0, 0.05) is 5.41 Å². The first-order chi connectivity index (χ1) is 7.19. The van der Waals surface area contributed by atoms with Crippen LogP contribution in [0.15, 0.2) is 0 Å². The molecule has 0 aromatic heterocycles. The quantitative estimate of drug-likeness (QED) is 0.398. The van der Waals surface area contributed by atoms with Gasteiger partial charge in [-0.15, -0.1) is 0 Å². The van der Waals surface area contributed by atoms with Crippen molar-refractivity contribution in [1.29, 1.82) is 0 Å². The minimum Gasteiger partial charge on any atom is -0.294 e. The van der Waals surface area contributed by atoms with Crippen LogP contribution in [0, 0.1) is 5.41 Å². The third-order valence-corrected chi connectivity index (χ3v) is 3.64. The molecule has 1 aliphatic carbocycles. The largest absolute Gasteiger partial charge is 0.294 e. The summed E-state index contributed by atoms with van der Waals surface area (Å²) in [6.45, 7) is 2.05. The van der Waals surface area contributed by atoms with Crippen molar-refractivity contribution in [1.82, 2.24) is 5.43 Å². The summed E-state index contributed by atoms with van der Waals surface area (Å²) in [4.78, 5) is 11.7. The van der Waals surface area contributed by atoms with E-state index in [1.807, 2.05) is 0 Å². The molecule has 0 radical (unpaired) electrons. The lowest BCUT2D eigenvalue weighted by molar-refractivity contribution is -0.131. The molecule has 0 unspecified atom stereocenters. The predicted octanol–water partition coefficient (Wildman–Crippen LogP) is 2.51. The van der Waals surface area contributed by atoms with Gasteiger partial charge in [-0.25, -0.2) is 5.84 Å². The number of carbonyl (C=O) groups is 1. The van der Waals surface area contributed by atoms with E-state index in [0.29, 0.717) is 0 Å². The second kappa shape index (κ2) is 6.11. The normalized spacial score (nSPS) is 23.1. The molecule has 0 atom stereocenters. The van der Waals surface area contributed by atoms with Crippen molar-refractivity contribution in [2.45, 2.75) is 64.7 Å². The highest BCUT2D eigenvalue weighted by molar-refractivity contribution is 5.81. The Hall–Kier alpha value is -0.570. The molecule has 3 nitrogen and oxygen atoms in total. The van der Waals surface area contributed by atoms with Gasteiger partial charge in [0.1, 0.15) is 0 Å². The maximum absolute atomic E-state index is 11.7. The van der Waals surface area contributed by atoms with Crippen LogP contribution in [-0.4, -0.2) is 5.91 Å². The lowest BCUT2D eigenvalue weighted by Gasteiger charge is -2.28. The van der Waals surface area contributed by atoms with Gasteiger partial charge < -0.3 is 0 Å². The van der Waals surface area contributed by atoms with Crippen LogP contribution in [0.5, 0.6) is 0 Å². The Morgan fingerprint density at radius 1 is 1.00 bits per heavy atom. The van der Waals surface area contributed by atoms with E-state index in [1.54, 1.807) is 0 Å². The van der Waals surface area contributed by atoms with E-state index >= 15 is 0 Å². The fraction of sp³-hybridized carbons (Fsp3) is 0.917. The Bertz CT molecular complexity index is 194. The fourth-order valence-corrected chi connectivity index (χ4v) is 2.44. The zero-order valence-corrected chi connectivity index (χ0v) is 9.85. The Morgan fingerprint density at radius 3 is 1.80 bits per heavy atom. The number of carbonyl (C=O) groups excluding carboxylic acids is 1. The molecule has 1 fully saturated rings. The van der Waals surface area contributed by atoms with E-state index < -0.39 is 0 Å². The van der Waals surface area contributed by atoms with E-state index in [-0.39, 0.29) is 11.3 Å². The topological polar surface area (TPSA) is 55.1 Å². The molecule has 0 aliphatic heterocycles. The number of nitrogens with two attached hydrogens (primary N) is 1. The summed E-state index contributed by atoms with van der Waals surface area (Å²) in [5.74, 6) is 5.27. The van der Waals surface area contributed by atoms with Gasteiger partial charge in [-0.3, -0.25) is 10.2 Å². The van der Waals surface area contributed by atoms with Crippen molar-refractivity contribution in [2.24, 2.45) is 11.3 Å². The summed E-state index contributed by atoms with van der Waals surface area (Å²) < 4.78 is 0. The van der Waals surface area contributed by atoms with Crippen LogP contribution in [0.4, 0.5) is 0 Å². The highest BCUT2D eigenvalue weighted by Gasteiger charge is 2.31. The minimum atomic E-state index is -0.230. The third kappa shape index (κ3) is 3.82. The maximum Gasteiger partial charge on any atom is 0.239 e. The van der Waals surface area contributed by atoms with Crippen molar-refractivity contribution in [3.8, 4) is 0 Å². The van der Waals surface area contributed by atoms with Crippen LogP contribution < -0.4 is 11.3 Å². The monoisotopic (exact) mass is 212 g/mol. The average Bonchev–Trinajstić information content (AvgIpc) is 2.26. The summed E-state index contributed by atoms with van der Waals surface area (Å²) in [6, 6.07) is 0. The molecule has 1 aliphatic rings. The summed E-state index contributed by atoms with van der Waals surface area (Å²) in [5, 5.41) is 0. The fourth-order valence-electron chi connectivity index (χ4n) is 2.44. The van der Waals surface area contributed by atoms with Crippen LogP contribution in [0.3, 0.4) is 0 Å². The molecule has 1 amide bonds. The molecular formula is C12H24N2O. The summed E-state index contributed by atoms with van der Waals surface area (Å²) in [5.41, 5.74) is 2.09. The molecular weight excluding hydrogens is 188 g/mol. The number of hydrazine groups is 1. The summed E-state index contributed by atoms with van der Waals surface area (Å²) in [6.07, 6.45) is 10.8. The van der Waals surface area contributed by atoms with Crippen LogP contribution >= 0.6 is 0 Å². The van der Waals surface area contributed by atoms with Crippen LogP contribution in [0.25, 0.3) is 0 Å². The molecule has 3 heteroatoms. The van der Waals surface area contributed by atoms with Gasteiger partial charge in [-0.1, -0.05) is 51.9 Å². The average molecular weight is 212 g/mol. The number of amides is 1. The van der Waals surface area contributed by atoms with Crippen molar-refractivity contribution in [3.63, 3.8) is 0 Å². The minimum absolute atomic E-state index is 0.0167. The standard InChI is InChI=1S/C12H24N2O/c1-12(11(15)14-13)9-7-5-3-2-4-6-8-10-12/h2-10,13H2,1H3,(H,14,15). The molecule has 1 saturated carbocycles. The van der Waals surface area contributed by atoms with E-state index in [0.717, 1.165) is 25.7 Å². The molecule has 3 N–H and O–H groups in total. The second-order valence-electron chi connectivity index (χ2n) is 5.01. The Morgan fingerprint density at radius 2 is 1.40 bits per heavy atom. The molecule has 0 saturated heterocycles. The highest BCUT2D eigenvalue weighted by atomic mass is 16.2. The first-order valence-electron chi connectivity index (χ1n) is 6.20. The first-order valence-corrected chi connectivity index (χ1v) is 6.20. The van der Waals surface area contributed by atoms with Gasteiger partial charge in [0.2, 0.25) is 5.91 Å². The van der Waals surface area contributed by atoms with E-state index in [4.69, 9.17) is 5.84 Å². The third-order valence-electron chi connectivity index (χ3n) is 3.64. The highest BCUT2D eigenvalue weighted by Crippen LogP contribution is 2.32. The van der Waals surface area contributed by atoms with E-state index in [1.165, 1.54) is 32.1 Å². The van der Waals surface area contributed by atoms with Gasteiger partial charge in [-0.05, 0) is 12.8 Å². The van der Waals surface area contributed by atoms with Crippen LogP contribution in [-0.2, 0) is 4.79 Å². The molecule has 0 spiro atoms. The lowest BCUT2D eigenvalue weighted by Crippen LogP contribution is -2.42. The molecule has 15 heavy (non-hydrogen) atoms. The molecule has 88 valence electrons. The molecule has 0 aromatic carbocycles. The maximum atomic E-state index is 11.7. The van der Waals surface area contributed by atoms with Crippen molar-refractivity contribution in [2.75, 3.05) is 0 Å². The SMILES string of the molecule is CC1(C(=O)NN)CCCCCCCCC1. The van der Waals surface area contributed by atoms with E-state index in [9.17, 15) is 4.79 Å². The van der Waals surface area contributed by atoms with Gasteiger partial charge in [0.25, 0.3) is 0 Å². The first kappa shape index (κ1) is 12.5. The number of hydrogen-bond donors (Lipinski definition) is 2. The molecule has 0 bridgehead atoms. The van der Waals surface area contributed by atoms with Gasteiger partial charge >= 0.3 is 0 Å². The van der Waals surface area contributed by atoms with Crippen molar-refractivity contribution >= 4 is 5.91 Å². The van der Waals surface area contributed by atoms with E-state index in [2.05, 4.69) is 12.3 Å². The predicted molar refractivity (Wildman–Crippen MR) is 62.0 cm³/mol. The molecule has 1 rings (SSSR count). The zero-order chi connectivity index (χ0) is 11.1. The second-order valence-corrected chi connectivity index (χ2v) is 5.01. The molecule has 0 aromatic rings. The summed E-state index contributed by atoms with van der Waals surface area (Å²) in [7, 11) is 0. The molecule has 0 heterocycles. The number of nitrogens with one attached hydrogen (secondary N) is 1. The van der Waals surface area contributed by atoms with Gasteiger partial charge in [0.05, 0.1) is 0 Å². The number of rotatable bonds is 1.